The van der Waals surface area contributed by atoms with Crippen LogP contribution in [-0.2, 0) is 17.1 Å². The molecule has 0 unspecified atom stereocenters. The highest BCUT2D eigenvalue weighted by atomic mass is 19.4. The maximum Gasteiger partial charge on any atom is 0.420 e. The fraction of sp³-hybridized carbons (Fsp3) is 0.250. The molecule has 0 atom stereocenters. The molecule has 0 radical (unpaired) electrons. The van der Waals surface area contributed by atoms with Crippen molar-refractivity contribution in [3.05, 3.63) is 65.1 Å². The topological polar surface area (TPSA) is 77.1 Å². The Hall–Kier alpha value is -4.05. The molecule has 1 amide bonds. The molecule has 0 aliphatic rings. The minimum Gasteiger partial charge on any atom is -0.409 e. The van der Waals surface area contributed by atoms with Crippen molar-refractivity contribution in [3.8, 4) is 18.1 Å². The van der Waals surface area contributed by atoms with Gasteiger partial charge < -0.3 is 15.2 Å². The number of terminal acetylenes is 1. The summed E-state index contributed by atoms with van der Waals surface area (Å²) in [5.74, 6) is 0.332. The third-order valence-corrected chi connectivity index (χ3v) is 4.67. The van der Waals surface area contributed by atoms with Gasteiger partial charge in [-0.05, 0) is 36.4 Å². The highest BCUT2D eigenvalue weighted by molar-refractivity contribution is 6.11. The lowest BCUT2D eigenvalue weighted by Crippen LogP contribution is -2.30. The van der Waals surface area contributed by atoms with Crippen LogP contribution in [0.3, 0.4) is 0 Å². The van der Waals surface area contributed by atoms with E-state index >= 15 is 0 Å². The molecule has 0 aromatic heterocycles. The Morgan fingerprint density at radius 3 is 2.32 bits per heavy atom. The van der Waals surface area contributed by atoms with Crippen LogP contribution in [-0.4, -0.2) is 39.1 Å². The van der Waals surface area contributed by atoms with Gasteiger partial charge in [0.2, 0.25) is 0 Å². The minimum absolute atomic E-state index is 0.0131. The molecule has 2 aromatic carbocycles. The zero-order valence-electron chi connectivity index (χ0n) is 19.2. The molecule has 2 aromatic rings. The van der Waals surface area contributed by atoms with Crippen LogP contribution in [0.4, 0.5) is 41.2 Å². The van der Waals surface area contributed by atoms with Crippen LogP contribution in [0.5, 0.6) is 5.75 Å². The quantitative estimate of drug-likeness (QED) is 0.211. The number of ether oxygens (including phenoxy) is 2. The predicted octanol–water partition coefficient (Wildman–Crippen LogP) is 5.52. The fourth-order valence-electron chi connectivity index (χ4n) is 2.87. The van der Waals surface area contributed by atoms with Crippen molar-refractivity contribution in [2.24, 2.45) is 10.7 Å². The number of nitrogens with zero attached hydrogens (tertiary/aromatic N) is 2. The van der Waals surface area contributed by atoms with E-state index in [1.165, 1.54) is 0 Å². The van der Waals surface area contributed by atoms with Crippen LogP contribution in [0.1, 0.15) is 16.7 Å². The first-order chi connectivity index (χ1) is 17.3. The zero-order chi connectivity index (χ0) is 27.8. The van der Waals surface area contributed by atoms with Gasteiger partial charge in [-0.15, -0.1) is 6.42 Å². The van der Waals surface area contributed by atoms with Crippen molar-refractivity contribution >= 4 is 23.6 Å². The van der Waals surface area contributed by atoms with E-state index in [9.17, 15) is 35.5 Å². The number of halogens is 7. The smallest absolute Gasteiger partial charge is 0.409 e. The predicted molar refractivity (Wildman–Crippen MR) is 122 cm³/mol. The van der Waals surface area contributed by atoms with Gasteiger partial charge in [0, 0.05) is 36.3 Å². The SMILES string of the molecule is C#CCOCCN=C/C(=C\N)c1cc(C(F)(F)F)cc(C(F)(F)F)c1OC(=O)N(C)c1ccc(F)cc1. The Kier molecular flexibility index (Phi) is 9.67. The van der Waals surface area contributed by atoms with Gasteiger partial charge in [-0.25, -0.2) is 9.18 Å². The van der Waals surface area contributed by atoms with Crippen LogP contribution in [0, 0.1) is 18.2 Å². The summed E-state index contributed by atoms with van der Waals surface area (Å²) < 4.78 is 105. The average molecular weight is 531 g/mol. The molecular weight excluding hydrogens is 511 g/mol. The first kappa shape index (κ1) is 29.2. The summed E-state index contributed by atoms with van der Waals surface area (Å²) in [6, 6.07) is 4.45. The maximum atomic E-state index is 13.9. The molecule has 6 nitrogen and oxygen atoms in total. The molecule has 0 fully saturated rings. The van der Waals surface area contributed by atoms with Crippen molar-refractivity contribution in [1.29, 1.82) is 0 Å². The Bertz CT molecular complexity index is 1200. The molecule has 198 valence electrons. The van der Waals surface area contributed by atoms with E-state index in [1.54, 1.807) is 0 Å². The number of hydrogen-bond donors (Lipinski definition) is 1. The van der Waals surface area contributed by atoms with Gasteiger partial charge in [0.25, 0.3) is 0 Å². The number of carbonyl (C=O) groups excluding carboxylic acids is 1. The standard InChI is InChI=1S/C24H20F7N3O3/c1-3-9-36-10-8-33-14-15(13-32)19-11-16(23(26,27)28)12-20(24(29,30)31)21(19)37-22(35)34(2)18-6-4-17(25)5-7-18/h1,4-7,11-14H,8-10,32H2,2H3/b15-13+,33-14?. The third kappa shape index (κ3) is 7.97. The molecule has 2 N–H and O–H groups in total. The Morgan fingerprint density at radius 2 is 1.78 bits per heavy atom. The van der Waals surface area contributed by atoms with Gasteiger partial charge in [-0.1, -0.05) is 5.92 Å². The number of hydrogen-bond acceptors (Lipinski definition) is 5. The van der Waals surface area contributed by atoms with E-state index in [1.807, 2.05) is 0 Å². The van der Waals surface area contributed by atoms with E-state index in [0.29, 0.717) is 12.3 Å². The van der Waals surface area contributed by atoms with Gasteiger partial charge in [0.1, 0.15) is 12.4 Å². The number of carbonyl (C=O) groups is 1. The first-order valence-corrected chi connectivity index (χ1v) is 10.3. The molecule has 13 heteroatoms. The van der Waals surface area contributed by atoms with Crippen LogP contribution >= 0.6 is 0 Å². The molecular formula is C24H20F7N3O3. The van der Waals surface area contributed by atoms with E-state index in [0.717, 1.165) is 42.4 Å². The Morgan fingerprint density at radius 1 is 1.14 bits per heavy atom. The van der Waals surface area contributed by atoms with E-state index in [4.69, 9.17) is 21.6 Å². The number of alkyl halides is 6. The molecule has 0 aliphatic carbocycles. The lowest BCUT2D eigenvalue weighted by atomic mass is 9.98. The largest absolute Gasteiger partial charge is 0.420 e. The number of allylic oxidation sites excluding steroid dienone is 1. The molecule has 37 heavy (non-hydrogen) atoms. The lowest BCUT2D eigenvalue weighted by Gasteiger charge is -2.22. The summed E-state index contributed by atoms with van der Waals surface area (Å²) in [5, 5.41) is 0. The molecule has 0 saturated carbocycles. The molecule has 0 spiro atoms. The average Bonchev–Trinajstić information content (AvgIpc) is 2.82. The summed E-state index contributed by atoms with van der Waals surface area (Å²) in [4.78, 5) is 17.3. The summed E-state index contributed by atoms with van der Waals surface area (Å²) in [7, 11) is 1.12. The van der Waals surface area contributed by atoms with Gasteiger partial charge in [-0.2, -0.15) is 26.3 Å². The van der Waals surface area contributed by atoms with Crippen LogP contribution in [0.25, 0.3) is 5.57 Å². The van der Waals surface area contributed by atoms with Gasteiger partial charge in [0.15, 0.2) is 5.75 Å². The number of aliphatic imine (C=N–C) groups is 1. The highest BCUT2D eigenvalue weighted by Gasteiger charge is 2.41. The van der Waals surface area contributed by atoms with Crippen molar-refractivity contribution in [2.45, 2.75) is 12.4 Å². The van der Waals surface area contributed by atoms with Gasteiger partial charge in [0.05, 0.1) is 24.3 Å². The number of anilines is 1. The molecule has 0 saturated heterocycles. The number of nitrogens with two attached hydrogens (primary N) is 1. The lowest BCUT2D eigenvalue weighted by molar-refractivity contribution is -0.143. The molecule has 0 bridgehead atoms. The first-order valence-electron chi connectivity index (χ1n) is 10.3. The summed E-state index contributed by atoms with van der Waals surface area (Å²) in [6.45, 7) is -0.0644. The Balaban J connectivity index is 2.59. The van der Waals surface area contributed by atoms with Gasteiger partial charge >= 0.3 is 18.4 Å². The molecule has 0 aliphatic heterocycles. The normalized spacial score (nSPS) is 12.5. The van der Waals surface area contributed by atoms with Crippen molar-refractivity contribution in [3.63, 3.8) is 0 Å². The maximum absolute atomic E-state index is 13.9. The van der Waals surface area contributed by atoms with Crippen molar-refractivity contribution < 1.29 is 45.0 Å². The third-order valence-electron chi connectivity index (χ3n) is 4.67. The monoisotopic (exact) mass is 531 g/mol. The second-order valence-corrected chi connectivity index (χ2v) is 7.21. The number of benzene rings is 2. The summed E-state index contributed by atoms with van der Waals surface area (Å²) in [5.41, 5.74) is 0.801. The van der Waals surface area contributed by atoms with Gasteiger partial charge in [-0.3, -0.25) is 9.89 Å². The molecule has 0 heterocycles. The number of rotatable bonds is 8. The second-order valence-electron chi connectivity index (χ2n) is 7.21. The number of amides is 1. The van der Waals surface area contributed by atoms with E-state index in [2.05, 4.69) is 10.9 Å². The highest BCUT2D eigenvalue weighted by Crippen LogP contribution is 2.44. The van der Waals surface area contributed by atoms with Crippen LogP contribution in [0.15, 0.2) is 47.6 Å². The summed E-state index contributed by atoms with van der Waals surface area (Å²) >= 11 is 0. The second kappa shape index (κ2) is 12.3. The molecule has 2 rings (SSSR count). The summed E-state index contributed by atoms with van der Waals surface area (Å²) in [6.07, 6.45) is -5.29. The van der Waals surface area contributed by atoms with Crippen LogP contribution in [0.2, 0.25) is 0 Å². The fourth-order valence-corrected chi connectivity index (χ4v) is 2.87. The van der Waals surface area contributed by atoms with Crippen molar-refractivity contribution in [1.82, 2.24) is 0 Å². The Labute approximate surface area is 207 Å². The minimum atomic E-state index is -5.36. The van der Waals surface area contributed by atoms with E-state index in [-0.39, 0.29) is 31.5 Å². The van der Waals surface area contributed by atoms with E-state index < -0.39 is 52.3 Å². The zero-order valence-corrected chi connectivity index (χ0v) is 19.2. The van der Waals surface area contributed by atoms with Crippen molar-refractivity contribution in [2.75, 3.05) is 31.7 Å². The van der Waals surface area contributed by atoms with Crippen LogP contribution < -0.4 is 15.4 Å².